The van der Waals surface area contributed by atoms with Crippen LogP contribution >= 0.6 is 11.3 Å². The molecule has 0 bridgehead atoms. The van der Waals surface area contributed by atoms with Crippen LogP contribution in [0.4, 0.5) is 5.82 Å². The van der Waals surface area contributed by atoms with Gasteiger partial charge in [0.05, 0.1) is 17.8 Å². The van der Waals surface area contributed by atoms with Crippen molar-refractivity contribution in [1.82, 2.24) is 14.9 Å². The Balaban J connectivity index is 1.85. The van der Waals surface area contributed by atoms with E-state index < -0.39 is 5.97 Å². The van der Waals surface area contributed by atoms with Crippen molar-refractivity contribution >= 4 is 33.3 Å². The van der Waals surface area contributed by atoms with Crippen LogP contribution in [0.3, 0.4) is 0 Å². The van der Waals surface area contributed by atoms with Crippen LogP contribution in [0, 0.1) is 5.92 Å². The predicted octanol–water partition coefficient (Wildman–Crippen LogP) is 3.72. The lowest BCUT2D eigenvalue weighted by atomic mass is 9.97. The van der Waals surface area contributed by atoms with Crippen molar-refractivity contribution in [3.8, 4) is 11.1 Å². The number of carboxylic acids is 1. The van der Waals surface area contributed by atoms with Crippen LogP contribution in [0.5, 0.6) is 0 Å². The Labute approximate surface area is 168 Å². The molecule has 6 nitrogen and oxygen atoms in total. The van der Waals surface area contributed by atoms with Gasteiger partial charge in [-0.3, -0.25) is 4.79 Å². The molecular formula is C21H24N4O2S. The van der Waals surface area contributed by atoms with E-state index in [0.29, 0.717) is 13.1 Å². The molecule has 1 atom stereocenters. The number of hydrogen-bond acceptors (Lipinski definition) is 6. The molecule has 0 spiro atoms. The van der Waals surface area contributed by atoms with Gasteiger partial charge in [0.2, 0.25) is 0 Å². The third kappa shape index (κ3) is 3.72. The Kier molecular flexibility index (Phi) is 5.28. The lowest BCUT2D eigenvalue weighted by molar-refractivity contribution is -0.141. The van der Waals surface area contributed by atoms with Crippen molar-refractivity contribution in [2.24, 2.45) is 5.92 Å². The Morgan fingerprint density at radius 2 is 2.07 bits per heavy atom. The minimum atomic E-state index is -0.725. The summed E-state index contributed by atoms with van der Waals surface area (Å²) in [6, 6.07) is 10.2. The number of aromatic nitrogens is 2. The molecule has 28 heavy (non-hydrogen) atoms. The van der Waals surface area contributed by atoms with Crippen molar-refractivity contribution in [3.63, 3.8) is 0 Å². The molecule has 1 unspecified atom stereocenters. The van der Waals surface area contributed by atoms with Gasteiger partial charge >= 0.3 is 5.97 Å². The Morgan fingerprint density at radius 3 is 2.79 bits per heavy atom. The fourth-order valence-corrected chi connectivity index (χ4v) is 4.71. The third-order valence-corrected chi connectivity index (χ3v) is 5.95. The molecule has 1 saturated heterocycles. The molecular weight excluding hydrogens is 372 g/mol. The van der Waals surface area contributed by atoms with Gasteiger partial charge in [-0.25, -0.2) is 9.97 Å². The van der Waals surface area contributed by atoms with Gasteiger partial charge in [-0.2, -0.15) is 0 Å². The quantitative estimate of drug-likeness (QED) is 0.709. The van der Waals surface area contributed by atoms with E-state index in [-0.39, 0.29) is 5.92 Å². The van der Waals surface area contributed by atoms with Crippen LogP contribution in [0.25, 0.3) is 21.3 Å². The number of thiophene rings is 1. The first kappa shape index (κ1) is 18.8. The molecule has 1 N–H and O–H groups in total. The largest absolute Gasteiger partial charge is 0.481 e. The van der Waals surface area contributed by atoms with Crippen LogP contribution in [0.1, 0.15) is 18.7 Å². The average molecular weight is 397 g/mol. The Morgan fingerprint density at radius 1 is 1.29 bits per heavy atom. The third-order valence-electron chi connectivity index (χ3n) is 5.07. The second-order valence-corrected chi connectivity index (χ2v) is 8.38. The number of hydrogen-bond donors (Lipinski definition) is 1. The summed E-state index contributed by atoms with van der Waals surface area (Å²) < 4.78 is 0. The van der Waals surface area contributed by atoms with Gasteiger partial charge in [-0.15, -0.1) is 11.3 Å². The van der Waals surface area contributed by atoms with Crippen molar-refractivity contribution < 1.29 is 9.90 Å². The van der Waals surface area contributed by atoms with Crippen LogP contribution in [0.2, 0.25) is 0 Å². The van der Waals surface area contributed by atoms with Gasteiger partial charge in [0, 0.05) is 24.0 Å². The zero-order valence-corrected chi connectivity index (χ0v) is 16.9. The molecule has 1 fully saturated rings. The first-order valence-corrected chi connectivity index (χ1v) is 10.4. The Bertz CT molecular complexity index is 987. The zero-order valence-electron chi connectivity index (χ0n) is 16.1. The summed E-state index contributed by atoms with van der Waals surface area (Å²) in [6.07, 6.45) is 1.58. The summed E-state index contributed by atoms with van der Waals surface area (Å²) >= 11 is 1.62. The molecule has 2 aromatic heterocycles. The number of fused-ring (bicyclic) bond motifs is 1. The van der Waals surface area contributed by atoms with E-state index in [9.17, 15) is 9.90 Å². The topological polar surface area (TPSA) is 69.6 Å². The molecule has 1 aliphatic heterocycles. The van der Waals surface area contributed by atoms with Gasteiger partial charge in [-0.1, -0.05) is 30.3 Å². The van der Waals surface area contributed by atoms with Crippen molar-refractivity contribution in [1.29, 1.82) is 0 Å². The summed E-state index contributed by atoms with van der Waals surface area (Å²) in [5, 5.41) is 12.7. The van der Waals surface area contributed by atoms with Crippen molar-refractivity contribution in [3.05, 3.63) is 41.5 Å². The smallest absolute Gasteiger partial charge is 0.308 e. The second kappa shape index (κ2) is 7.85. The van der Waals surface area contributed by atoms with Gasteiger partial charge in [0.1, 0.15) is 16.5 Å². The van der Waals surface area contributed by atoms with E-state index in [1.807, 2.05) is 37.2 Å². The van der Waals surface area contributed by atoms with E-state index in [0.717, 1.165) is 52.4 Å². The van der Waals surface area contributed by atoms with Crippen molar-refractivity contribution in [2.45, 2.75) is 19.4 Å². The minimum absolute atomic E-state index is 0.352. The van der Waals surface area contributed by atoms with Crippen LogP contribution in [-0.4, -0.2) is 53.1 Å². The number of piperidine rings is 1. The highest BCUT2D eigenvalue weighted by Crippen LogP contribution is 2.39. The SMILES string of the molecule is CN(C)Cc1nc(N2CCCC(C(=O)O)C2)c2c(-c3ccccc3)csc2n1. The standard InChI is InChI=1S/C21H24N4O2S/c1-24(2)12-17-22-19(25-10-6-9-15(11-25)21(26)27)18-16(13-28-20(18)23-17)14-7-4-3-5-8-14/h3-5,7-8,13,15H,6,9-12H2,1-2H3,(H,26,27). The monoisotopic (exact) mass is 396 g/mol. The van der Waals surface area contributed by atoms with Gasteiger partial charge < -0.3 is 14.9 Å². The Hall–Kier alpha value is -2.51. The van der Waals surface area contributed by atoms with E-state index in [4.69, 9.17) is 9.97 Å². The molecule has 0 amide bonds. The first-order valence-electron chi connectivity index (χ1n) is 9.49. The van der Waals surface area contributed by atoms with Gasteiger partial charge in [0.25, 0.3) is 0 Å². The van der Waals surface area contributed by atoms with Crippen LogP contribution < -0.4 is 4.90 Å². The number of rotatable bonds is 5. The molecule has 0 radical (unpaired) electrons. The number of aliphatic carboxylic acids is 1. The molecule has 1 aliphatic rings. The second-order valence-electron chi connectivity index (χ2n) is 7.52. The van der Waals surface area contributed by atoms with E-state index >= 15 is 0 Å². The summed E-state index contributed by atoms with van der Waals surface area (Å²) in [7, 11) is 4.00. The maximum Gasteiger partial charge on any atom is 0.308 e. The first-order chi connectivity index (χ1) is 13.5. The highest BCUT2D eigenvalue weighted by molar-refractivity contribution is 7.17. The molecule has 4 rings (SSSR count). The maximum atomic E-state index is 11.6. The predicted molar refractivity (Wildman–Crippen MR) is 113 cm³/mol. The summed E-state index contributed by atoms with van der Waals surface area (Å²) in [5.41, 5.74) is 2.25. The molecule has 3 aromatic rings. The van der Waals surface area contributed by atoms with Gasteiger partial charge in [0.15, 0.2) is 0 Å². The number of carbonyl (C=O) groups is 1. The molecule has 7 heteroatoms. The molecule has 146 valence electrons. The number of anilines is 1. The summed E-state index contributed by atoms with van der Waals surface area (Å²) in [5.74, 6) is 0.561. The lowest BCUT2D eigenvalue weighted by Gasteiger charge is -2.32. The summed E-state index contributed by atoms with van der Waals surface area (Å²) in [4.78, 5) is 26.4. The molecule has 1 aromatic carbocycles. The number of nitrogens with zero attached hydrogens (tertiary/aromatic N) is 4. The van der Waals surface area contributed by atoms with Crippen molar-refractivity contribution in [2.75, 3.05) is 32.1 Å². The fourth-order valence-electron chi connectivity index (χ4n) is 3.75. The van der Waals surface area contributed by atoms with Crippen LogP contribution in [-0.2, 0) is 11.3 Å². The zero-order chi connectivity index (χ0) is 19.7. The maximum absolute atomic E-state index is 11.6. The molecule has 0 saturated carbocycles. The normalized spacial score (nSPS) is 17.4. The summed E-state index contributed by atoms with van der Waals surface area (Å²) in [6.45, 7) is 1.96. The lowest BCUT2D eigenvalue weighted by Crippen LogP contribution is -2.39. The highest BCUT2D eigenvalue weighted by atomic mass is 32.1. The van der Waals surface area contributed by atoms with Crippen LogP contribution in [0.15, 0.2) is 35.7 Å². The van der Waals surface area contributed by atoms with E-state index in [1.54, 1.807) is 11.3 Å². The van der Waals surface area contributed by atoms with E-state index in [2.05, 4.69) is 22.4 Å². The number of benzene rings is 1. The fraction of sp³-hybridized carbons (Fsp3) is 0.381. The molecule has 3 heterocycles. The highest BCUT2D eigenvalue weighted by Gasteiger charge is 2.28. The molecule has 0 aliphatic carbocycles. The van der Waals surface area contributed by atoms with E-state index in [1.165, 1.54) is 0 Å². The van der Waals surface area contributed by atoms with Gasteiger partial charge in [-0.05, 0) is 32.5 Å². The minimum Gasteiger partial charge on any atom is -0.481 e. The number of carboxylic acid groups (broad SMARTS) is 1. The average Bonchev–Trinajstić information content (AvgIpc) is 3.11.